The first kappa shape index (κ1) is 21.8. The first-order valence-corrected chi connectivity index (χ1v) is 10.3. The molecule has 0 fully saturated rings. The number of aromatic nitrogens is 2. The Bertz CT molecular complexity index is 1300. The summed E-state index contributed by atoms with van der Waals surface area (Å²) >= 11 is 12.4. The van der Waals surface area contributed by atoms with Crippen molar-refractivity contribution in [2.24, 2.45) is 5.73 Å². The first-order valence-electron chi connectivity index (χ1n) is 9.50. The maximum Gasteiger partial charge on any atom is 0.229 e. The van der Waals surface area contributed by atoms with Crippen LogP contribution in [0.2, 0.25) is 10.0 Å². The van der Waals surface area contributed by atoms with E-state index >= 15 is 0 Å². The van der Waals surface area contributed by atoms with Crippen LogP contribution in [0.15, 0.2) is 59.7 Å². The Morgan fingerprint density at radius 3 is 2.50 bits per heavy atom. The molecule has 162 valence electrons. The maximum absolute atomic E-state index is 13.4. The molecule has 3 heterocycles. The fourth-order valence-electron chi connectivity index (χ4n) is 3.66. The molecule has 0 aliphatic heterocycles. The highest BCUT2D eigenvalue weighted by atomic mass is 35.5. The molecular weight excluding hydrogens is 453 g/mol. The van der Waals surface area contributed by atoms with Gasteiger partial charge in [0.05, 0.1) is 29.3 Å². The molecular formula is C23H17Cl2N3O4. The fraction of sp³-hybridized carbons (Fsp3) is 0.130. The van der Waals surface area contributed by atoms with Crippen LogP contribution in [0.25, 0.3) is 11.0 Å². The Balaban J connectivity index is 1.90. The van der Waals surface area contributed by atoms with Crippen LogP contribution in [-0.2, 0) is 11.2 Å². The van der Waals surface area contributed by atoms with E-state index in [0.717, 1.165) is 0 Å². The van der Waals surface area contributed by atoms with Gasteiger partial charge in [0.1, 0.15) is 0 Å². The summed E-state index contributed by atoms with van der Waals surface area (Å²) in [6, 6.07) is 6.68. The van der Waals surface area contributed by atoms with Crippen LogP contribution in [0.1, 0.15) is 33.0 Å². The van der Waals surface area contributed by atoms with Crippen LogP contribution in [0.5, 0.6) is 5.75 Å². The Labute approximate surface area is 193 Å². The highest BCUT2D eigenvalue weighted by Crippen LogP contribution is 2.39. The lowest BCUT2D eigenvalue weighted by molar-refractivity contribution is -0.118. The van der Waals surface area contributed by atoms with E-state index in [0.29, 0.717) is 39.0 Å². The fourth-order valence-corrected chi connectivity index (χ4v) is 4.16. The quantitative estimate of drug-likeness (QED) is 0.396. The summed E-state index contributed by atoms with van der Waals surface area (Å²) in [6.45, 7) is 0. The van der Waals surface area contributed by atoms with Gasteiger partial charge in [0.25, 0.3) is 0 Å². The van der Waals surface area contributed by atoms with Crippen molar-refractivity contribution in [3.8, 4) is 5.75 Å². The molecule has 1 aromatic carbocycles. The predicted molar refractivity (Wildman–Crippen MR) is 120 cm³/mol. The third-order valence-electron chi connectivity index (χ3n) is 5.14. The van der Waals surface area contributed by atoms with Crippen molar-refractivity contribution in [2.45, 2.75) is 12.3 Å². The smallest absolute Gasteiger partial charge is 0.229 e. The van der Waals surface area contributed by atoms with Gasteiger partial charge in [-0.25, -0.2) is 0 Å². The third-order valence-corrected chi connectivity index (χ3v) is 5.79. The summed E-state index contributed by atoms with van der Waals surface area (Å²) in [5.74, 6) is -1.35. The average molecular weight is 470 g/mol. The van der Waals surface area contributed by atoms with Gasteiger partial charge in [-0.2, -0.15) is 0 Å². The van der Waals surface area contributed by atoms with E-state index in [4.69, 9.17) is 38.1 Å². The van der Waals surface area contributed by atoms with Crippen LogP contribution >= 0.6 is 23.2 Å². The zero-order valence-corrected chi connectivity index (χ0v) is 18.4. The molecule has 7 nitrogen and oxygen atoms in total. The summed E-state index contributed by atoms with van der Waals surface area (Å²) in [7, 11) is 1.49. The van der Waals surface area contributed by atoms with Gasteiger partial charge in [-0.15, -0.1) is 0 Å². The van der Waals surface area contributed by atoms with E-state index < -0.39 is 11.8 Å². The normalized spacial score (nSPS) is 12.0. The Hall–Kier alpha value is -3.42. The molecule has 1 atom stereocenters. The molecule has 4 rings (SSSR count). The second kappa shape index (κ2) is 8.98. The second-order valence-corrected chi connectivity index (χ2v) is 7.83. The SMILES string of the molecule is COc1ccc(C(=O)Cc2c(Cl)cncc2Cl)c2c(C(C(N)=O)c3cccnc3)coc12. The van der Waals surface area contributed by atoms with Crippen molar-refractivity contribution < 1.29 is 18.7 Å². The minimum absolute atomic E-state index is 0.0691. The van der Waals surface area contributed by atoms with Crippen molar-refractivity contribution in [1.29, 1.82) is 0 Å². The number of furan rings is 1. The molecule has 0 bridgehead atoms. The standard InChI is InChI=1S/C23H17Cl2N3O4/c1-31-19-5-4-13(18(29)7-14-16(24)9-28-10-17(14)25)21-15(11-32-22(19)21)20(23(26)30)12-3-2-6-27-8-12/h2-6,8-11,20H,7H2,1H3,(H2,26,30). The molecule has 0 radical (unpaired) electrons. The summed E-state index contributed by atoms with van der Waals surface area (Å²) in [6.07, 6.45) is 7.34. The van der Waals surface area contributed by atoms with Gasteiger partial charge >= 0.3 is 0 Å². The van der Waals surface area contributed by atoms with Gasteiger partial charge in [-0.3, -0.25) is 19.6 Å². The number of nitrogens with two attached hydrogens (primary N) is 1. The number of pyridine rings is 2. The summed E-state index contributed by atoms with van der Waals surface area (Å²) in [4.78, 5) is 33.8. The van der Waals surface area contributed by atoms with E-state index in [9.17, 15) is 9.59 Å². The number of carbonyl (C=O) groups is 2. The number of halogens is 2. The number of Topliss-reactive ketones (excluding diaryl/α,β-unsaturated/α-hetero) is 1. The lowest BCUT2D eigenvalue weighted by Gasteiger charge is -2.14. The molecule has 1 amide bonds. The predicted octanol–water partition coefficient (Wildman–Crippen LogP) is 4.58. The van der Waals surface area contributed by atoms with E-state index in [1.165, 1.54) is 25.8 Å². The van der Waals surface area contributed by atoms with E-state index in [-0.39, 0.29) is 22.2 Å². The summed E-state index contributed by atoms with van der Waals surface area (Å²) in [5, 5.41) is 1.00. The number of ether oxygens (including phenoxy) is 1. The van der Waals surface area contributed by atoms with Crippen molar-refractivity contribution in [1.82, 2.24) is 9.97 Å². The van der Waals surface area contributed by atoms with Gasteiger partial charge in [-0.1, -0.05) is 29.3 Å². The molecule has 0 saturated heterocycles. The summed E-state index contributed by atoms with van der Waals surface area (Å²) < 4.78 is 11.1. The minimum Gasteiger partial charge on any atom is -0.493 e. The number of primary amides is 1. The Morgan fingerprint density at radius 1 is 1.12 bits per heavy atom. The number of benzene rings is 1. The molecule has 0 spiro atoms. The third kappa shape index (κ3) is 3.92. The first-order chi connectivity index (χ1) is 15.4. The minimum atomic E-state index is -0.878. The van der Waals surface area contributed by atoms with E-state index in [2.05, 4.69) is 9.97 Å². The number of methoxy groups -OCH3 is 1. The monoisotopic (exact) mass is 469 g/mol. The molecule has 2 N–H and O–H groups in total. The van der Waals surface area contributed by atoms with Gasteiger partial charge < -0.3 is 14.9 Å². The Kier molecular flexibility index (Phi) is 6.12. The number of ketones is 1. The summed E-state index contributed by atoms with van der Waals surface area (Å²) in [5.41, 5.74) is 7.87. The lowest BCUT2D eigenvalue weighted by atomic mass is 9.88. The number of amides is 1. The number of nitrogens with zero attached hydrogens (tertiary/aromatic N) is 2. The second-order valence-electron chi connectivity index (χ2n) is 7.01. The van der Waals surface area contributed by atoms with Crippen molar-refractivity contribution in [2.75, 3.05) is 7.11 Å². The number of carbonyl (C=O) groups excluding carboxylic acids is 2. The highest BCUT2D eigenvalue weighted by Gasteiger charge is 2.29. The van der Waals surface area contributed by atoms with Gasteiger partial charge in [0, 0.05) is 53.3 Å². The van der Waals surface area contributed by atoms with Crippen LogP contribution in [-0.4, -0.2) is 28.8 Å². The van der Waals surface area contributed by atoms with Gasteiger partial charge in [-0.05, 0) is 23.8 Å². The molecule has 0 aliphatic rings. The molecule has 4 aromatic rings. The number of hydrogen-bond donors (Lipinski definition) is 1. The van der Waals surface area contributed by atoms with E-state index in [1.54, 1.807) is 36.7 Å². The number of fused-ring (bicyclic) bond motifs is 1. The lowest BCUT2D eigenvalue weighted by Crippen LogP contribution is -2.22. The highest BCUT2D eigenvalue weighted by molar-refractivity contribution is 6.36. The average Bonchev–Trinajstić information content (AvgIpc) is 3.21. The molecule has 9 heteroatoms. The molecule has 0 saturated carbocycles. The van der Waals surface area contributed by atoms with Crippen LogP contribution < -0.4 is 10.5 Å². The van der Waals surface area contributed by atoms with Crippen molar-refractivity contribution >= 4 is 45.9 Å². The Morgan fingerprint density at radius 2 is 1.88 bits per heavy atom. The number of hydrogen-bond acceptors (Lipinski definition) is 6. The largest absolute Gasteiger partial charge is 0.493 e. The van der Waals surface area contributed by atoms with Crippen molar-refractivity contribution in [3.05, 3.63) is 87.6 Å². The topological polar surface area (TPSA) is 108 Å². The van der Waals surface area contributed by atoms with E-state index in [1.807, 2.05) is 0 Å². The van der Waals surface area contributed by atoms with Gasteiger partial charge in [0.2, 0.25) is 5.91 Å². The molecule has 1 unspecified atom stereocenters. The molecule has 0 aliphatic carbocycles. The molecule has 3 aromatic heterocycles. The van der Waals surface area contributed by atoms with Crippen LogP contribution in [0.3, 0.4) is 0 Å². The molecule has 32 heavy (non-hydrogen) atoms. The zero-order valence-electron chi connectivity index (χ0n) is 16.8. The maximum atomic E-state index is 13.4. The zero-order chi connectivity index (χ0) is 22.8. The van der Waals surface area contributed by atoms with Crippen LogP contribution in [0, 0.1) is 0 Å². The number of rotatable bonds is 7. The van der Waals surface area contributed by atoms with Gasteiger partial charge in [0.15, 0.2) is 17.1 Å². The van der Waals surface area contributed by atoms with Crippen LogP contribution in [0.4, 0.5) is 0 Å². The van der Waals surface area contributed by atoms with Crippen molar-refractivity contribution in [3.63, 3.8) is 0 Å².